The summed E-state index contributed by atoms with van der Waals surface area (Å²) in [6.45, 7) is 22.0. The minimum atomic E-state index is -5.08. The van der Waals surface area contributed by atoms with E-state index in [1.54, 1.807) is 34.9 Å². The summed E-state index contributed by atoms with van der Waals surface area (Å²) in [6.07, 6.45) is 17.0. The third kappa shape index (κ3) is 23.6. The number of pyridine rings is 2. The minimum absolute atomic E-state index is 0. The third-order valence-electron chi connectivity index (χ3n) is 25.9. The van der Waals surface area contributed by atoms with Gasteiger partial charge in [-0.15, -0.1) is 29.3 Å². The number of rotatable bonds is 25. The second-order valence-electron chi connectivity index (χ2n) is 35.7. The molecule has 0 saturated heterocycles. The summed E-state index contributed by atoms with van der Waals surface area (Å²) >= 11 is 1.70. The Labute approximate surface area is 810 Å². The maximum absolute atomic E-state index is 10.6. The summed E-state index contributed by atoms with van der Waals surface area (Å²) in [7, 11) is -3.93. The van der Waals surface area contributed by atoms with E-state index in [4.69, 9.17) is 26.7 Å². The second kappa shape index (κ2) is 45.2. The number of fused-ring (bicyclic) bond motifs is 8. The molecule has 0 spiro atoms. The van der Waals surface area contributed by atoms with E-state index in [9.17, 15) is 18.0 Å². The number of aryl methyl sites for hydroxylation is 8. The number of alkyl halides is 3. The van der Waals surface area contributed by atoms with Crippen molar-refractivity contribution in [3.63, 3.8) is 0 Å². The predicted molar refractivity (Wildman–Crippen MR) is 536 cm³/mol. The first kappa shape index (κ1) is 98.5. The van der Waals surface area contributed by atoms with Gasteiger partial charge in [-0.25, -0.2) is 4.98 Å². The van der Waals surface area contributed by atoms with Gasteiger partial charge in [0.1, 0.15) is 0 Å². The standard InChI is InChI=1S/C56H51N.C56H50N.C7H12O2.CF3O2S.Ag.Ir.O/c2*1-38-32-46(43-25-17-22-41(34-43)21-10-6-5-9-18-40-19-11-7-12-20-40)33-39(2)55(38)45-29-31-53-50(35-45)49(42-23-13-8-14-24-42)37-54(57-53)44-28-30-48-47-26-15-16-27-51(47)56(3,4)52(48)36-44;1-3-6(8)5-7(9)4-2;2-1(3,4)7(5)6;;;/h7-8,11-17,19-20,22-37H,5-6,9-10,18,21H2,1-4H3;7-8,11-17,19-20,22-27,29-37H,5-6,9-10,18,21H2,1-4H3;5,8H,3-4H2,1-2H3;;;;/q;-1;;-1;;;. The Morgan fingerprint density at radius 1 is 0.368 bits per heavy atom. The molecule has 0 fully saturated rings. The van der Waals surface area contributed by atoms with Gasteiger partial charge in [0.15, 0.2) is 5.78 Å². The average molecular weight is 2050 g/mol. The molecular formula is C120H113AgF3IrN2O5S-2. The van der Waals surface area contributed by atoms with E-state index in [1.807, 2.05) is 0 Å². The number of halogens is 3. The van der Waals surface area contributed by atoms with Crippen molar-refractivity contribution in [3.05, 3.63) is 406 Å². The molecule has 0 bridgehead atoms. The summed E-state index contributed by atoms with van der Waals surface area (Å²) in [4.78, 5) is 21.2. The zero-order valence-corrected chi connectivity index (χ0v) is 81.9. The van der Waals surface area contributed by atoms with Gasteiger partial charge in [-0.3, -0.25) is 9.78 Å². The Morgan fingerprint density at radius 3 is 1.16 bits per heavy atom. The number of carbonyl (C=O) groups is 1. The van der Waals surface area contributed by atoms with E-state index in [-0.39, 0.29) is 42.5 Å². The van der Waals surface area contributed by atoms with E-state index >= 15 is 0 Å². The average Bonchev–Trinajstić information content (AvgIpc) is 1.59. The third-order valence-corrected chi connectivity index (χ3v) is 26.3. The molecule has 2 aliphatic carbocycles. The number of aliphatic hydroxyl groups is 1. The van der Waals surface area contributed by atoms with Crippen molar-refractivity contribution in [1.82, 2.24) is 9.97 Å². The number of allylic oxidation sites excluding steroid dienone is 2. The Hall–Kier alpha value is -12.0. The van der Waals surface area contributed by atoms with Gasteiger partial charge >= 0.3 is 29.8 Å². The summed E-state index contributed by atoms with van der Waals surface area (Å²) in [5, 5.41) is 11.1. The van der Waals surface area contributed by atoms with Crippen LogP contribution in [0.25, 0.3) is 133 Å². The van der Waals surface area contributed by atoms with Crippen molar-refractivity contribution in [2.45, 2.75) is 175 Å². The van der Waals surface area contributed by atoms with Gasteiger partial charge in [0.25, 0.3) is 0 Å². The molecule has 682 valence electrons. The van der Waals surface area contributed by atoms with Gasteiger partial charge in [-0.1, -0.05) is 351 Å². The Morgan fingerprint density at radius 2 is 0.729 bits per heavy atom. The van der Waals surface area contributed by atoms with Gasteiger partial charge in [-0.05, 0) is 266 Å². The monoisotopic (exact) mass is 2050 g/mol. The molecule has 2 aromatic heterocycles. The first-order valence-corrected chi connectivity index (χ1v) is 47.6. The molecule has 16 aromatic rings. The molecule has 1 N–H and O–H groups in total. The molecular weight excluding hydrogens is 1940 g/mol. The van der Waals surface area contributed by atoms with E-state index in [0.29, 0.717) is 12.8 Å². The fourth-order valence-electron chi connectivity index (χ4n) is 19.1. The Bertz CT molecular complexity index is 6480. The van der Waals surface area contributed by atoms with Crippen LogP contribution in [0.5, 0.6) is 0 Å². The number of benzene rings is 14. The number of carbonyl (C=O) groups excluding carboxylic acids is 1. The van der Waals surface area contributed by atoms with Crippen molar-refractivity contribution in [2.24, 2.45) is 0 Å². The summed E-state index contributed by atoms with van der Waals surface area (Å²) < 4.78 is 57.5. The van der Waals surface area contributed by atoms with Gasteiger partial charge in [0.05, 0.1) is 22.5 Å². The van der Waals surface area contributed by atoms with Crippen LogP contribution in [0.3, 0.4) is 0 Å². The summed E-state index contributed by atoms with van der Waals surface area (Å²) in [6, 6.07) is 122. The first-order chi connectivity index (χ1) is 63.8. The molecule has 0 aliphatic heterocycles. The van der Waals surface area contributed by atoms with Crippen molar-refractivity contribution >= 4 is 38.3 Å². The molecule has 0 unspecified atom stereocenters. The predicted octanol–water partition coefficient (Wildman–Crippen LogP) is 32.7. The van der Waals surface area contributed by atoms with Crippen LogP contribution in [0.1, 0.15) is 173 Å². The molecule has 14 aromatic carbocycles. The molecule has 2 aliphatic rings. The van der Waals surface area contributed by atoms with E-state index < -0.39 is 16.2 Å². The number of aromatic nitrogens is 2. The Balaban J connectivity index is 0.000000190. The van der Waals surface area contributed by atoms with Crippen molar-refractivity contribution in [2.75, 3.05) is 0 Å². The van der Waals surface area contributed by atoms with E-state index in [1.165, 1.54) is 231 Å². The normalized spacial score (nSPS) is 12.4. The molecule has 0 amide bonds. The zero-order chi connectivity index (χ0) is 93.2. The van der Waals surface area contributed by atoms with Gasteiger partial charge in [-0.2, -0.15) is 13.2 Å². The van der Waals surface area contributed by atoms with Crippen LogP contribution >= 0.6 is 0 Å². The topological polar surface area (TPSA) is 114 Å². The second-order valence-corrected chi connectivity index (χ2v) is 36.7. The molecule has 133 heavy (non-hydrogen) atoms. The molecule has 7 nitrogen and oxygen atoms in total. The Kier molecular flexibility index (Phi) is 33.5. The zero-order valence-electron chi connectivity index (χ0n) is 77.2. The van der Waals surface area contributed by atoms with Crippen LogP contribution in [0.15, 0.2) is 333 Å². The van der Waals surface area contributed by atoms with Crippen molar-refractivity contribution < 1.29 is 75.9 Å². The number of aliphatic hydroxyl groups excluding tert-OH is 1. The van der Waals surface area contributed by atoms with Gasteiger partial charge in [0, 0.05) is 71.5 Å². The molecule has 0 atom stereocenters. The molecule has 1 radical (unpaired) electrons. The summed E-state index contributed by atoms with van der Waals surface area (Å²) in [5.74, 6) is 0.149. The van der Waals surface area contributed by atoms with Crippen molar-refractivity contribution in [1.29, 1.82) is 0 Å². The maximum atomic E-state index is 10.6. The van der Waals surface area contributed by atoms with Crippen LogP contribution in [-0.2, 0) is 105 Å². The van der Waals surface area contributed by atoms with E-state index in [0.717, 1.165) is 51.8 Å². The number of hydrogen-bond acceptors (Lipinski definition) is 8. The number of unbranched alkanes of at least 4 members (excludes halogenated alkanes) is 6. The SMILES string of the molecule is CCC(=O)C=C(O)CC.Cc1cc(-c2cccc(CCCCCCc3ccccc3)c2)cc(C)c1-c1ccc2nc(-c3[c-]cc4c(c3)C(C)(C)c3ccccc3-4)cc(-c3ccccc3)c2c1.Cc1cc(-c2cccc(CCCCCCc3ccccc3)c2)cc(C)c1-c1ccc2nc(-c3ccc4c(c3)C(C)(C)c3ccccc3-4)cc(-c3ccccc3)c2c1.O=[S-](=O)C(F)(F)F.[Ir].[O]=[Ag]. The number of ketones is 1. The number of hydrogen-bond donors (Lipinski definition) is 1. The fourth-order valence-corrected chi connectivity index (χ4v) is 19.1. The van der Waals surface area contributed by atoms with Crippen molar-refractivity contribution in [3.8, 4) is 112 Å². The molecule has 0 saturated carbocycles. The quantitative estimate of drug-likeness (QED) is 0.0151. The molecule has 18 rings (SSSR count). The van der Waals surface area contributed by atoms with E-state index in [2.05, 4.69) is 383 Å². The van der Waals surface area contributed by atoms with Crippen LogP contribution in [0.4, 0.5) is 13.2 Å². The first-order valence-electron chi connectivity index (χ1n) is 45.9. The van der Waals surface area contributed by atoms with Crippen LogP contribution in [0.2, 0.25) is 0 Å². The molecule has 13 heteroatoms. The van der Waals surface area contributed by atoms with Gasteiger partial charge in [0.2, 0.25) is 0 Å². The van der Waals surface area contributed by atoms with Crippen LogP contribution < -0.4 is 0 Å². The number of nitrogens with zero attached hydrogens (tertiary/aromatic N) is 2. The fraction of sp³-hybridized carbons (Fsp3) is 0.225. The molecule has 2 heterocycles. The van der Waals surface area contributed by atoms with Crippen LogP contribution in [0, 0.1) is 33.8 Å². The van der Waals surface area contributed by atoms with Gasteiger partial charge < -0.3 is 13.5 Å². The van der Waals surface area contributed by atoms with Crippen LogP contribution in [-0.4, -0.2) is 26.4 Å². The summed E-state index contributed by atoms with van der Waals surface area (Å²) in [5.41, 5.74) is 37.6.